The van der Waals surface area contributed by atoms with Gasteiger partial charge < -0.3 is 10.6 Å². The van der Waals surface area contributed by atoms with Crippen LogP contribution in [-0.2, 0) is 24.1 Å². The molecule has 0 atom stereocenters. The SMILES string of the molecule is CC(C)(C)C(=O)NCc1cccc(C(=O)Nc2cccc3c2cnn3Cc2cccc(C(F)(F)F)c2)c1. The van der Waals surface area contributed by atoms with Crippen molar-refractivity contribution in [3.63, 3.8) is 0 Å². The molecule has 9 heteroatoms. The van der Waals surface area contributed by atoms with E-state index in [4.69, 9.17) is 0 Å². The highest BCUT2D eigenvalue weighted by molar-refractivity contribution is 6.08. The predicted molar refractivity (Wildman–Crippen MR) is 136 cm³/mol. The van der Waals surface area contributed by atoms with E-state index < -0.39 is 17.2 Å². The number of halogens is 3. The smallest absolute Gasteiger partial charge is 0.352 e. The molecule has 0 unspecified atom stereocenters. The molecule has 0 fully saturated rings. The molecule has 0 aliphatic rings. The van der Waals surface area contributed by atoms with Gasteiger partial charge in [-0.05, 0) is 47.5 Å². The summed E-state index contributed by atoms with van der Waals surface area (Å²) in [5.41, 5.74) is 1.66. The maximum atomic E-state index is 13.1. The van der Waals surface area contributed by atoms with Crippen LogP contribution in [0, 0.1) is 5.41 Å². The van der Waals surface area contributed by atoms with Gasteiger partial charge in [0.2, 0.25) is 5.91 Å². The summed E-state index contributed by atoms with van der Waals surface area (Å²) in [4.78, 5) is 25.2. The Morgan fingerprint density at radius 1 is 0.919 bits per heavy atom. The molecule has 2 N–H and O–H groups in total. The van der Waals surface area contributed by atoms with E-state index in [1.165, 1.54) is 6.07 Å². The highest BCUT2D eigenvalue weighted by Gasteiger charge is 2.30. The lowest BCUT2D eigenvalue weighted by molar-refractivity contribution is -0.137. The monoisotopic (exact) mass is 508 g/mol. The first-order valence-electron chi connectivity index (χ1n) is 11.7. The summed E-state index contributed by atoms with van der Waals surface area (Å²) >= 11 is 0. The molecule has 2 amide bonds. The quantitative estimate of drug-likeness (QED) is 0.335. The summed E-state index contributed by atoms with van der Waals surface area (Å²) in [6.45, 7) is 5.93. The van der Waals surface area contributed by atoms with Crippen LogP contribution in [0.5, 0.6) is 0 Å². The first-order chi connectivity index (χ1) is 17.4. The normalized spacial score (nSPS) is 11.9. The molecule has 0 bridgehead atoms. The van der Waals surface area contributed by atoms with Gasteiger partial charge in [-0.15, -0.1) is 0 Å². The van der Waals surface area contributed by atoms with Crippen LogP contribution in [0.25, 0.3) is 10.9 Å². The predicted octanol–water partition coefficient (Wildman–Crippen LogP) is 6.02. The molecular weight excluding hydrogens is 481 g/mol. The van der Waals surface area contributed by atoms with Gasteiger partial charge in [-0.25, -0.2) is 0 Å². The first-order valence-corrected chi connectivity index (χ1v) is 11.7. The Hall–Kier alpha value is -4.14. The summed E-state index contributed by atoms with van der Waals surface area (Å²) in [7, 11) is 0. The van der Waals surface area contributed by atoms with Gasteiger partial charge in [0.05, 0.1) is 29.5 Å². The molecule has 0 saturated carbocycles. The van der Waals surface area contributed by atoms with Crippen LogP contribution in [0.1, 0.15) is 47.8 Å². The maximum absolute atomic E-state index is 13.1. The number of hydrogen-bond donors (Lipinski definition) is 2. The van der Waals surface area contributed by atoms with Crippen molar-refractivity contribution in [3.05, 3.63) is 95.2 Å². The third-order valence-electron chi connectivity index (χ3n) is 5.85. The van der Waals surface area contributed by atoms with Crippen LogP contribution < -0.4 is 10.6 Å². The van der Waals surface area contributed by atoms with Crippen LogP contribution in [-0.4, -0.2) is 21.6 Å². The van der Waals surface area contributed by atoms with Crippen molar-refractivity contribution in [1.29, 1.82) is 0 Å². The largest absolute Gasteiger partial charge is 0.416 e. The minimum atomic E-state index is -4.42. The number of benzene rings is 3. The average Bonchev–Trinajstić information content (AvgIpc) is 3.25. The summed E-state index contributed by atoms with van der Waals surface area (Å²) < 4.78 is 40.8. The number of aromatic nitrogens is 2. The van der Waals surface area contributed by atoms with Crippen molar-refractivity contribution in [1.82, 2.24) is 15.1 Å². The molecular formula is C28H27F3N4O2. The van der Waals surface area contributed by atoms with Gasteiger partial charge in [-0.3, -0.25) is 14.3 Å². The Balaban J connectivity index is 1.51. The Morgan fingerprint density at radius 2 is 1.62 bits per heavy atom. The van der Waals surface area contributed by atoms with Crippen LogP contribution in [0.3, 0.4) is 0 Å². The number of carbonyl (C=O) groups excluding carboxylic acids is 2. The van der Waals surface area contributed by atoms with E-state index in [2.05, 4.69) is 15.7 Å². The minimum absolute atomic E-state index is 0.0869. The fourth-order valence-electron chi connectivity index (χ4n) is 3.82. The number of hydrogen-bond acceptors (Lipinski definition) is 3. The van der Waals surface area contributed by atoms with Crippen molar-refractivity contribution in [2.45, 2.75) is 40.0 Å². The lowest BCUT2D eigenvalue weighted by Crippen LogP contribution is -2.34. The van der Waals surface area contributed by atoms with E-state index in [-0.39, 0.29) is 18.4 Å². The highest BCUT2D eigenvalue weighted by atomic mass is 19.4. The molecule has 192 valence electrons. The molecule has 4 aromatic rings. The molecule has 3 aromatic carbocycles. The van der Waals surface area contributed by atoms with Crippen molar-refractivity contribution >= 4 is 28.4 Å². The van der Waals surface area contributed by atoms with E-state index in [0.717, 1.165) is 17.7 Å². The number of nitrogens with one attached hydrogen (secondary N) is 2. The summed E-state index contributed by atoms with van der Waals surface area (Å²) in [6, 6.07) is 17.4. The molecule has 0 spiro atoms. The van der Waals surface area contributed by atoms with Crippen molar-refractivity contribution in [3.8, 4) is 0 Å². The van der Waals surface area contributed by atoms with Gasteiger partial charge in [-0.1, -0.05) is 51.1 Å². The van der Waals surface area contributed by atoms with E-state index in [9.17, 15) is 22.8 Å². The molecule has 0 aliphatic carbocycles. The van der Waals surface area contributed by atoms with Crippen LogP contribution in [0.15, 0.2) is 72.9 Å². The van der Waals surface area contributed by atoms with Crippen LogP contribution in [0.4, 0.5) is 18.9 Å². The van der Waals surface area contributed by atoms with Crippen molar-refractivity contribution < 1.29 is 22.8 Å². The zero-order chi connectivity index (χ0) is 26.8. The molecule has 0 aliphatic heterocycles. The molecule has 6 nitrogen and oxygen atoms in total. The minimum Gasteiger partial charge on any atom is -0.352 e. The van der Waals surface area contributed by atoms with E-state index in [1.54, 1.807) is 53.3 Å². The third-order valence-corrected chi connectivity index (χ3v) is 5.85. The number of carbonyl (C=O) groups is 2. The standard InChI is InChI=1S/C28H27F3N4O2/c1-27(2,3)26(37)32-15-18-7-4-9-20(13-18)25(36)34-23-11-6-12-24-22(23)16-33-35(24)17-19-8-5-10-21(14-19)28(29,30)31/h4-14,16H,15,17H2,1-3H3,(H,32,37)(H,34,36). The zero-order valence-corrected chi connectivity index (χ0v) is 20.7. The van der Waals surface area contributed by atoms with Gasteiger partial charge >= 0.3 is 6.18 Å². The number of anilines is 1. The lowest BCUT2D eigenvalue weighted by atomic mass is 9.95. The Labute approximate surface area is 212 Å². The second kappa shape index (κ2) is 10.1. The highest BCUT2D eigenvalue weighted by Crippen LogP contribution is 2.30. The van der Waals surface area contributed by atoms with E-state index in [0.29, 0.717) is 34.3 Å². The first kappa shape index (κ1) is 25.9. The second-order valence-electron chi connectivity index (χ2n) is 9.83. The number of amides is 2. The lowest BCUT2D eigenvalue weighted by Gasteiger charge is -2.17. The van der Waals surface area contributed by atoms with Crippen molar-refractivity contribution in [2.75, 3.05) is 5.32 Å². The molecule has 4 rings (SSSR count). The van der Waals surface area contributed by atoms with Gasteiger partial charge in [0.25, 0.3) is 5.91 Å². The molecule has 1 heterocycles. The third kappa shape index (κ3) is 6.17. The molecule has 1 aromatic heterocycles. The van der Waals surface area contributed by atoms with Gasteiger partial charge in [-0.2, -0.15) is 18.3 Å². The van der Waals surface area contributed by atoms with Crippen molar-refractivity contribution in [2.24, 2.45) is 5.41 Å². The number of rotatable bonds is 6. The van der Waals surface area contributed by atoms with Gasteiger partial charge in [0, 0.05) is 22.9 Å². The fraction of sp³-hybridized carbons (Fsp3) is 0.250. The topological polar surface area (TPSA) is 76.0 Å². The van der Waals surface area contributed by atoms with Gasteiger partial charge in [0.15, 0.2) is 0 Å². The zero-order valence-electron chi connectivity index (χ0n) is 20.7. The molecule has 0 radical (unpaired) electrons. The molecule has 37 heavy (non-hydrogen) atoms. The average molecular weight is 509 g/mol. The summed E-state index contributed by atoms with van der Waals surface area (Å²) in [6.07, 6.45) is -2.84. The number of fused-ring (bicyclic) bond motifs is 1. The Bertz CT molecular complexity index is 1450. The summed E-state index contributed by atoms with van der Waals surface area (Å²) in [5.74, 6) is -0.418. The molecule has 0 saturated heterocycles. The Kier molecular flexibility index (Phi) is 7.07. The van der Waals surface area contributed by atoms with Gasteiger partial charge in [0.1, 0.15) is 0 Å². The Morgan fingerprint density at radius 3 is 2.35 bits per heavy atom. The number of nitrogens with zero attached hydrogens (tertiary/aromatic N) is 2. The number of alkyl halides is 3. The second-order valence-corrected chi connectivity index (χ2v) is 9.83. The van der Waals surface area contributed by atoms with E-state index in [1.807, 2.05) is 26.8 Å². The van der Waals surface area contributed by atoms with Crippen LogP contribution in [0.2, 0.25) is 0 Å². The van der Waals surface area contributed by atoms with E-state index >= 15 is 0 Å². The summed E-state index contributed by atoms with van der Waals surface area (Å²) in [5, 5.41) is 10.8. The fourth-order valence-corrected chi connectivity index (χ4v) is 3.82. The van der Waals surface area contributed by atoms with Crippen LogP contribution >= 0.6 is 0 Å². The maximum Gasteiger partial charge on any atom is 0.416 e.